The maximum Gasteiger partial charge on any atom is 0.338 e. The van der Waals surface area contributed by atoms with Crippen molar-refractivity contribution in [2.24, 2.45) is 17.3 Å². The molecule has 0 saturated heterocycles. The van der Waals surface area contributed by atoms with Crippen LogP contribution in [0.15, 0.2) is 72.3 Å². The Balaban J connectivity index is 1.53. The number of esters is 1. The van der Waals surface area contributed by atoms with Gasteiger partial charge in [0.05, 0.1) is 6.04 Å². The Bertz CT molecular complexity index is 983. The molecule has 5 atom stereocenters. The minimum Gasteiger partial charge on any atom is -0.456 e. The Kier molecular flexibility index (Phi) is 5.71. The summed E-state index contributed by atoms with van der Waals surface area (Å²) in [6.07, 6.45) is 1.12. The Morgan fingerprint density at radius 2 is 1.68 bits per heavy atom. The quantitative estimate of drug-likeness (QED) is 0.547. The summed E-state index contributed by atoms with van der Waals surface area (Å²) in [5, 5.41) is 13.8. The Hall–Kier alpha value is -2.92. The molecule has 0 aromatic heterocycles. The number of fused-ring (bicyclic) bond motifs is 1. The predicted molar refractivity (Wildman–Crippen MR) is 118 cm³/mol. The smallest absolute Gasteiger partial charge is 0.338 e. The standard InChI is InChI=1S/C26H29NO4/c1-16-14-21(20-15-19(16)26(20,2)3)31-25(30)23(28)22(17-10-6-4-7-11-17)27-24(29)18-12-8-5-9-13-18/h4-14,19-23,28H,15H2,1-3H3,(H,27,29). The van der Waals surface area contributed by atoms with Crippen LogP contribution in [0, 0.1) is 17.3 Å². The van der Waals surface area contributed by atoms with Crippen molar-refractivity contribution in [2.45, 2.75) is 45.4 Å². The van der Waals surface area contributed by atoms with E-state index in [1.54, 1.807) is 48.5 Å². The summed E-state index contributed by atoms with van der Waals surface area (Å²) >= 11 is 0. The number of amides is 1. The molecule has 5 heteroatoms. The molecule has 162 valence electrons. The molecule has 5 rings (SSSR count). The van der Waals surface area contributed by atoms with Gasteiger partial charge in [-0.25, -0.2) is 4.79 Å². The van der Waals surface area contributed by atoms with Crippen molar-refractivity contribution in [2.75, 3.05) is 0 Å². The van der Waals surface area contributed by atoms with Gasteiger partial charge < -0.3 is 15.2 Å². The molecule has 2 N–H and O–H groups in total. The van der Waals surface area contributed by atoms with Gasteiger partial charge >= 0.3 is 5.97 Å². The zero-order valence-corrected chi connectivity index (χ0v) is 18.1. The van der Waals surface area contributed by atoms with E-state index in [1.165, 1.54) is 5.57 Å². The first kappa shape index (κ1) is 21.3. The number of aliphatic hydroxyl groups excluding tert-OH is 1. The van der Waals surface area contributed by atoms with Crippen LogP contribution in [0.3, 0.4) is 0 Å². The number of ether oxygens (including phenoxy) is 1. The number of nitrogens with one attached hydrogen (secondary N) is 1. The number of hydrogen-bond acceptors (Lipinski definition) is 4. The van der Waals surface area contributed by atoms with E-state index in [1.807, 2.05) is 18.2 Å². The zero-order valence-electron chi connectivity index (χ0n) is 18.1. The molecule has 0 spiro atoms. The molecule has 3 aliphatic carbocycles. The Morgan fingerprint density at radius 1 is 1.06 bits per heavy atom. The van der Waals surface area contributed by atoms with E-state index in [9.17, 15) is 14.7 Å². The first-order chi connectivity index (χ1) is 14.8. The van der Waals surface area contributed by atoms with E-state index < -0.39 is 18.1 Å². The first-order valence-electron chi connectivity index (χ1n) is 10.8. The average Bonchev–Trinajstić information content (AvgIpc) is 2.77. The molecule has 1 amide bonds. The van der Waals surface area contributed by atoms with Gasteiger partial charge in [0.2, 0.25) is 0 Å². The maximum atomic E-state index is 13.0. The Labute approximate surface area is 183 Å². The van der Waals surface area contributed by atoms with Crippen LogP contribution in [0.5, 0.6) is 0 Å². The summed E-state index contributed by atoms with van der Waals surface area (Å²) in [6, 6.07) is 16.8. The molecule has 31 heavy (non-hydrogen) atoms. The second-order valence-electron chi connectivity index (χ2n) is 9.20. The average molecular weight is 420 g/mol. The van der Waals surface area contributed by atoms with Gasteiger partial charge in [0.25, 0.3) is 5.91 Å². The SMILES string of the molecule is CC1=CC(OC(=O)C(O)C(NC(=O)c2ccccc2)c2ccccc2)C2CC1C2(C)C. The normalized spacial score (nSPS) is 25.4. The zero-order chi connectivity index (χ0) is 22.2. The minimum absolute atomic E-state index is 0.0785. The van der Waals surface area contributed by atoms with Gasteiger partial charge in [-0.05, 0) is 48.4 Å². The van der Waals surface area contributed by atoms with E-state index >= 15 is 0 Å². The van der Waals surface area contributed by atoms with E-state index in [4.69, 9.17) is 4.74 Å². The lowest BCUT2D eigenvalue weighted by atomic mass is 9.48. The van der Waals surface area contributed by atoms with E-state index in [0.717, 1.165) is 6.42 Å². The summed E-state index contributed by atoms with van der Waals surface area (Å²) in [7, 11) is 0. The van der Waals surface area contributed by atoms with E-state index in [-0.39, 0.29) is 23.3 Å². The van der Waals surface area contributed by atoms with Gasteiger partial charge in [0, 0.05) is 11.5 Å². The third-order valence-electron chi connectivity index (χ3n) is 7.01. The number of hydrogen-bond donors (Lipinski definition) is 2. The third-order valence-corrected chi connectivity index (χ3v) is 7.01. The second kappa shape index (κ2) is 8.31. The largest absolute Gasteiger partial charge is 0.456 e. The molecule has 1 saturated carbocycles. The fraction of sp³-hybridized carbons (Fsp3) is 0.385. The topological polar surface area (TPSA) is 75.6 Å². The highest BCUT2D eigenvalue weighted by Crippen LogP contribution is 2.59. The van der Waals surface area contributed by atoms with Crippen LogP contribution in [0.1, 0.15) is 49.2 Å². The summed E-state index contributed by atoms with van der Waals surface area (Å²) in [5.74, 6) is -0.318. The van der Waals surface area contributed by atoms with Gasteiger partial charge in [0.1, 0.15) is 6.10 Å². The molecule has 3 aliphatic rings. The second-order valence-corrected chi connectivity index (χ2v) is 9.20. The van der Waals surface area contributed by atoms with E-state index in [0.29, 0.717) is 17.0 Å². The first-order valence-corrected chi connectivity index (χ1v) is 10.8. The van der Waals surface area contributed by atoms with Crippen LogP contribution in [0.2, 0.25) is 0 Å². The molecule has 2 aromatic carbocycles. The fourth-order valence-electron chi connectivity index (χ4n) is 5.06. The van der Waals surface area contributed by atoms with Crippen molar-refractivity contribution < 1.29 is 19.4 Å². The highest BCUT2D eigenvalue weighted by molar-refractivity contribution is 5.94. The minimum atomic E-state index is -1.52. The van der Waals surface area contributed by atoms with Crippen molar-refractivity contribution in [1.29, 1.82) is 0 Å². The van der Waals surface area contributed by atoms with Gasteiger partial charge in [0.15, 0.2) is 6.10 Å². The fourth-order valence-corrected chi connectivity index (χ4v) is 5.06. The molecule has 1 fully saturated rings. The molecule has 0 radical (unpaired) electrons. The maximum absolute atomic E-state index is 13.0. The molecule has 5 unspecified atom stereocenters. The van der Waals surface area contributed by atoms with Crippen molar-refractivity contribution in [3.63, 3.8) is 0 Å². The predicted octanol–water partition coefficient (Wildman–Crippen LogP) is 4.05. The van der Waals surface area contributed by atoms with Crippen LogP contribution in [0.25, 0.3) is 0 Å². The molecule has 0 heterocycles. The molecular formula is C26H29NO4. The summed E-state index contributed by atoms with van der Waals surface area (Å²) in [4.78, 5) is 25.7. The summed E-state index contributed by atoms with van der Waals surface area (Å²) < 4.78 is 5.78. The third kappa shape index (κ3) is 4.02. The summed E-state index contributed by atoms with van der Waals surface area (Å²) in [6.45, 7) is 6.48. The lowest BCUT2D eigenvalue weighted by Crippen LogP contribution is -2.55. The van der Waals surface area contributed by atoms with Gasteiger partial charge in [-0.3, -0.25) is 4.79 Å². The van der Waals surface area contributed by atoms with Gasteiger partial charge in [-0.15, -0.1) is 0 Å². The Morgan fingerprint density at radius 3 is 2.26 bits per heavy atom. The molecule has 0 aliphatic heterocycles. The number of carbonyl (C=O) groups is 2. The van der Waals surface area contributed by atoms with Crippen molar-refractivity contribution in [3.05, 3.63) is 83.4 Å². The summed E-state index contributed by atoms with van der Waals surface area (Å²) in [5.41, 5.74) is 2.40. The number of benzene rings is 2. The highest BCUT2D eigenvalue weighted by atomic mass is 16.6. The molecule has 2 bridgehead atoms. The van der Waals surface area contributed by atoms with Crippen LogP contribution in [-0.2, 0) is 9.53 Å². The number of rotatable bonds is 6. The number of allylic oxidation sites excluding steroid dienone is 1. The van der Waals surface area contributed by atoms with Gasteiger partial charge in [-0.1, -0.05) is 68.0 Å². The number of aliphatic hydroxyl groups is 1. The van der Waals surface area contributed by atoms with Crippen molar-refractivity contribution >= 4 is 11.9 Å². The highest BCUT2D eigenvalue weighted by Gasteiger charge is 2.55. The lowest BCUT2D eigenvalue weighted by molar-refractivity contribution is -0.171. The molecule has 2 aromatic rings. The van der Waals surface area contributed by atoms with Crippen LogP contribution >= 0.6 is 0 Å². The lowest BCUT2D eigenvalue weighted by Gasteiger charge is -2.58. The molecular weight excluding hydrogens is 390 g/mol. The van der Waals surface area contributed by atoms with Crippen molar-refractivity contribution in [1.82, 2.24) is 5.32 Å². The number of carbonyl (C=O) groups excluding carboxylic acids is 2. The van der Waals surface area contributed by atoms with E-state index in [2.05, 4.69) is 26.1 Å². The molecule has 5 nitrogen and oxygen atoms in total. The van der Waals surface area contributed by atoms with Crippen molar-refractivity contribution in [3.8, 4) is 0 Å². The van der Waals surface area contributed by atoms with Crippen LogP contribution in [0.4, 0.5) is 0 Å². The van der Waals surface area contributed by atoms with Crippen LogP contribution in [-0.4, -0.2) is 29.2 Å². The van der Waals surface area contributed by atoms with Crippen LogP contribution < -0.4 is 5.32 Å². The van der Waals surface area contributed by atoms with Gasteiger partial charge in [-0.2, -0.15) is 0 Å². The monoisotopic (exact) mass is 419 g/mol.